The van der Waals surface area contributed by atoms with Gasteiger partial charge in [-0.25, -0.2) is 0 Å². The standard InChI is InChI=1S/C14H23N3O/c1-5-17(9-13(18)16-10(2)3)14-11(4)7-6-8-12(14)15/h6-8,10H,5,9,15H2,1-4H3,(H,16,18). The van der Waals surface area contributed by atoms with Crippen LogP contribution in [0.1, 0.15) is 26.3 Å². The Balaban J connectivity index is 2.87. The number of nitrogens with zero attached hydrogens (tertiary/aromatic N) is 1. The summed E-state index contributed by atoms with van der Waals surface area (Å²) >= 11 is 0. The Morgan fingerprint density at radius 2 is 2.11 bits per heavy atom. The third kappa shape index (κ3) is 3.65. The van der Waals surface area contributed by atoms with Crippen molar-refractivity contribution in [1.82, 2.24) is 5.32 Å². The highest BCUT2D eigenvalue weighted by atomic mass is 16.2. The predicted molar refractivity (Wildman–Crippen MR) is 76.8 cm³/mol. The van der Waals surface area contributed by atoms with E-state index >= 15 is 0 Å². The molecule has 0 heterocycles. The number of carbonyl (C=O) groups excluding carboxylic acids is 1. The van der Waals surface area contributed by atoms with E-state index < -0.39 is 0 Å². The number of para-hydroxylation sites is 1. The first-order valence-corrected chi connectivity index (χ1v) is 6.35. The van der Waals surface area contributed by atoms with Crippen molar-refractivity contribution in [2.75, 3.05) is 23.7 Å². The second-order valence-corrected chi connectivity index (χ2v) is 4.75. The van der Waals surface area contributed by atoms with Gasteiger partial charge in [0.05, 0.1) is 17.9 Å². The van der Waals surface area contributed by atoms with E-state index in [-0.39, 0.29) is 11.9 Å². The van der Waals surface area contributed by atoms with Crippen molar-refractivity contribution in [2.24, 2.45) is 0 Å². The number of likely N-dealkylation sites (N-methyl/N-ethyl adjacent to an activating group) is 1. The number of hydrogen-bond donors (Lipinski definition) is 2. The van der Waals surface area contributed by atoms with Crippen LogP contribution < -0.4 is 16.0 Å². The highest BCUT2D eigenvalue weighted by molar-refractivity contribution is 5.84. The monoisotopic (exact) mass is 249 g/mol. The third-order valence-corrected chi connectivity index (χ3v) is 2.75. The molecule has 0 aliphatic rings. The third-order valence-electron chi connectivity index (χ3n) is 2.75. The molecule has 18 heavy (non-hydrogen) atoms. The van der Waals surface area contributed by atoms with Gasteiger partial charge in [0.1, 0.15) is 0 Å². The Labute approximate surface area is 109 Å². The molecule has 1 rings (SSSR count). The predicted octanol–water partition coefficient (Wildman–Crippen LogP) is 1.93. The zero-order chi connectivity index (χ0) is 13.7. The number of carbonyl (C=O) groups is 1. The summed E-state index contributed by atoms with van der Waals surface area (Å²) in [5.41, 5.74) is 8.77. The lowest BCUT2D eigenvalue weighted by atomic mass is 10.1. The topological polar surface area (TPSA) is 58.4 Å². The smallest absolute Gasteiger partial charge is 0.239 e. The Hall–Kier alpha value is -1.71. The molecule has 0 radical (unpaired) electrons. The quantitative estimate of drug-likeness (QED) is 0.784. The summed E-state index contributed by atoms with van der Waals surface area (Å²) < 4.78 is 0. The highest BCUT2D eigenvalue weighted by Gasteiger charge is 2.14. The number of nitrogens with two attached hydrogens (primary N) is 1. The first-order valence-electron chi connectivity index (χ1n) is 6.35. The number of anilines is 2. The fourth-order valence-electron chi connectivity index (χ4n) is 2.00. The van der Waals surface area contributed by atoms with Gasteiger partial charge in [0.15, 0.2) is 0 Å². The zero-order valence-corrected chi connectivity index (χ0v) is 11.7. The minimum Gasteiger partial charge on any atom is -0.397 e. The minimum atomic E-state index is 0.0227. The van der Waals surface area contributed by atoms with Crippen LogP contribution in [0.25, 0.3) is 0 Å². The average molecular weight is 249 g/mol. The van der Waals surface area contributed by atoms with Crippen LogP contribution in [0.15, 0.2) is 18.2 Å². The summed E-state index contributed by atoms with van der Waals surface area (Å²) in [7, 11) is 0. The molecular weight excluding hydrogens is 226 g/mol. The molecule has 1 amide bonds. The number of rotatable bonds is 5. The first kappa shape index (κ1) is 14.4. The molecule has 0 aromatic heterocycles. The van der Waals surface area contributed by atoms with Gasteiger partial charge in [-0.15, -0.1) is 0 Å². The fourth-order valence-corrected chi connectivity index (χ4v) is 2.00. The lowest BCUT2D eigenvalue weighted by molar-refractivity contribution is -0.120. The first-order chi connectivity index (χ1) is 8.45. The molecule has 4 nitrogen and oxygen atoms in total. The molecule has 4 heteroatoms. The van der Waals surface area contributed by atoms with Gasteiger partial charge in [-0.2, -0.15) is 0 Å². The fraction of sp³-hybridized carbons (Fsp3) is 0.500. The van der Waals surface area contributed by atoms with Crippen molar-refractivity contribution >= 4 is 17.3 Å². The minimum absolute atomic E-state index is 0.0227. The summed E-state index contributed by atoms with van der Waals surface area (Å²) in [5.74, 6) is 0.0227. The second kappa shape index (κ2) is 6.28. The zero-order valence-electron chi connectivity index (χ0n) is 11.7. The highest BCUT2D eigenvalue weighted by Crippen LogP contribution is 2.26. The Morgan fingerprint density at radius 3 is 2.61 bits per heavy atom. The Morgan fingerprint density at radius 1 is 1.44 bits per heavy atom. The van der Waals surface area contributed by atoms with Crippen LogP contribution in [-0.4, -0.2) is 25.0 Å². The molecular formula is C14H23N3O. The maximum absolute atomic E-state index is 11.8. The number of nitrogen functional groups attached to an aromatic ring is 1. The molecule has 3 N–H and O–H groups in total. The van der Waals surface area contributed by atoms with E-state index in [4.69, 9.17) is 5.73 Å². The maximum Gasteiger partial charge on any atom is 0.239 e. The van der Waals surface area contributed by atoms with E-state index in [1.54, 1.807) is 0 Å². The number of benzene rings is 1. The van der Waals surface area contributed by atoms with Gasteiger partial charge >= 0.3 is 0 Å². The SMILES string of the molecule is CCN(CC(=O)NC(C)C)c1c(C)cccc1N. The molecule has 0 saturated carbocycles. The van der Waals surface area contributed by atoms with Crippen LogP contribution in [0, 0.1) is 6.92 Å². The van der Waals surface area contributed by atoms with Crippen LogP contribution in [-0.2, 0) is 4.79 Å². The number of nitrogens with one attached hydrogen (secondary N) is 1. The van der Waals surface area contributed by atoms with Crippen LogP contribution in [0.2, 0.25) is 0 Å². The summed E-state index contributed by atoms with van der Waals surface area (Å²) in [5, 5.41) is 2.89. The molecule has 0 unspecified atom stereocenters. The van der Waals surface area contributed by atoms with Crippen molar-refractivity contribution in [3.63, 3.8) is 0 Å². The van der Waals surface area contributed by atoms with Crippen LogP contribution >= 0.6 is 0 Å². The number of hydrogen-bond acceptors (Lipinski definition) is 3. The molecule has 0 spiro atoms. The summed E-state index contributed by atoms with van der Waals surface area (Å²) in [6.45, 7) is 9.03. The van der Waals surface area contributed by atoms with Crippen LogP contribution in [0.4, 0.5) is 11.4 Å². The molecule has 0 fully saturated rings. The average Bonchev–Trinajstić information content (AvgIpc) is 2.26. The van der Waals surface area contributed by atoms with Crippen molar-refractivity contribution in [2.45, 2.75) is 33.7 Å². The van der Waals surface area contributed by atoms with Gasteiger partial charge < -0.3 is 16.0 Å². The molecule has 0 bridgehead atoms. The molecule has 0 aliphatic heterocycles. The lowest BCUT2D eigenvalue weighted by Crippen LogP contribution is -2.40. The van der Waals surface area contributed by atoms with E-state index in [1.165, 1.54) is 0 Å². The summed E-state index contributed by atoms with van der Waals surface area (Å²) in [6.07, 6.45) is 0. The lowest BCUT2D eigenvalue weighted by Gasteiger charge is -2.26. The van der Waals surface area contributed by atoms with Gasteiger partial charge in [0.2, 0.25) is 5.91 Å². The van der Waals surface area contributed by atoms with Crippen molar-refractivity contribution in [3.05, 3.63) is 23.8 Å². The Kier molecular flexibility index (Phi) is 5.01. The second-order valence-electron chi connectivity index (χ2n) is 4.75. The normalized spacial score (nSPS) is 10.5. The molecule has 0 atom stereocenters. The van der Waals surface area contributed by atoms with Gasteiger partial charge in [0, 0.05) is 12.6 Å². The van der Waals surface area contributed by atoms with Crippen LogP contribution in [0.3, 0.4) is 0 Å². The van der Waals surface area contributed by atoms with Crippen molar-refractivity contribution < 1.29 is 4.79 Å². The van der Waals surface area contributed by atoms with E-state index in [1.807, 2.05) is 50.8 Å². The summed E-state index contributed by atoms with van der Waals surface area (Å²) in [6, 6.07) is 5.96. The van der Waals surface area contributed by atoms with Crippen molar-refractivity contribution in [3.8, 4) is 0 Å². The van der Waals surface area contributed by atoms with E-state index in [9.17, 15) is 4.79 Å². The number of aryl methyl sites for hydroxylation is 1. The van der Waals surface area contributed by atoms with Crippen molar-refractivity contribution in [1.29, 1.82) is 0 Å². The van der Waals surface area contributed by atoms with Gasteiger partial charge in [-0.05, 0) is 39.3 Å². The Bertz CT molecular complexity index is 395. The van der Waals surface area contributed by atoms with E-state index in [0.29, 0.717) is 12.2 Å². The molecule has 0 saturated heterocycles. The van der Waals surface area contributed by atoms with E-state index in [2.05, 4.69) is 5.32 Å². The maximum atomic E-state index is 11.8. The van der Waals surface area contributed by atoms with Gasteiger partial charge in [0.25, 0.3) is 0 Å². The summed E-state index contributed by atoms with van der Waals surface area (Å²) in [4.78, 5) is 13.8. The molecule has 100 valence electrons. The molecule has 1 aromatic carbocycles. The largest absolute Gasteiger partial charge is 0.397 e. The van der Waals surface area contributed by atoms with Crippen LogP contribution in [0.5, 0.6) is 0 Å². The molecule has 0 aliphatic carbocycles. The van der Waals surface area contributed by atoms with Gasteiger partial charge in [-0.3, -0.25) is 4.79 Å². The van der Waals surface area contributed by atoms with E-state index in [0.717, 1.165) is 17.8 Å². The molecule has 1 aromatic rings. The number of amides is 1. The van der Waals surface area contributed by atoms with Gasteiger partial charge in [-0.1, -0.05) is 12.1 Å².